The molecule has 0 unspecified atom stereocenters. The van der Waals surface area contributed by atoms with Crippen LogP contribution in [-0.2, 0) is 0 Å². The van der Waals surface area contributed by atoms with E-state index in [1.54, 1.807) is 0 Å². The van der Waals surface area contributed by atoms with Gasteiger partial charge in [0.1, 0.15) is 0 Å². The molecule has 0 heterocycles. The third-order valence-corrected chi connectivity index (χ3v) is 4.55. The Labute approximate surface area is 195 Å². The molecule has 0 aliphatic rings. The molecule has 0 atom stereocenters. The van der Waals surface area contributed by atoms with Gasteiger partial charge in [0.15, 0.2) is 0 Å². The summed E-state index contributed by atoms with van der Waals surface area (Å²) in [6.45, 7) is 21.3. The first-order valence-electron chi connectivity index (χ1n) is 10.8. The van der Waals surface area contributed by atoms with Crippen LogP contribution in [0.15, 0.2) is 78.1 Å². The summed E-state index contributed by atoms with van der Waals surface area (Å²) in [6.07, 6.45) is 3.95. The molecule has 2 rings (SSSR count). The Balaban J connectivity index is 0.000000518. The molecule has 0 aliphatic carbocycles. The molecule has 170 valence electrons. The highest BCUT2D eigenvalue weighted by Gasteiger charge is 2.06. The van der Waals surface area contributed by atoms with Gasteiger partial charge in [-0.05, 0) is 81.5 Å². The van der Waals surface area contributed by atoms with Crippen LogP contribution in [0, 0.1) is 19.8 Å². The van der Waals surface area contributed by atoms with Gasteiger partial charge in [0.25, 0.3) is 0 Å². The highest BCUT2D eigenvalue weighted by Crippen LogP contribution is 2.24. The van der Waals surface area contributed by atoms with E-state index >= 15 is 0 Å². The van der Waals surface area contributed by atoms with Crippen molar-refractivity contribution in [2.45, 2.75) is 60.3 Å². The Morgan fingerprint density at radius 1 is 1.10 bits per heavy atom. The monoisotopic (exact) mass is 441 g/mol. The van der Waals surface area contributed by atoms with Crippen LogP contribution >= 0.6 is 12.6 Å². The predicted molar refractivity (Wildman–Crippen MR) is 142 cm³/mol. The van der Waals surface area contributed by atoms with E-state index < -0.39 is 0 Å². The fourth-order valence-electron chi connectivity index (χ4n) is 2.85. The van der Waals surface area contributed by atoms with Crippen LogP contribution in [0.2, 0.25) is 0 Å². The van der Waals surface area contributed by atoms with Crippen LogP contribution in [0.1, 0.15) is 58.2 Å². The fourth-order valence-corrected chi connectivity index (χ4v) is 3.31. The largest absolute Gasteiger partial charge is 0.342 e. The van der Waals surface area contributed by atoms with Gasteiger partial charge in [0.2, 0.25) is 0 Å². The van der Waals surface area contributed by atoms with E-state index in [4.69, 9.17) is 0 Å². The molecule has 31 heavy (non-hydrogen) atoms. The van der Waals surface area contributed by atoms with Crippen molar-refractivity contribution < 1.29 is 4.39 Å². The minimum absolute atomic E-state index is 0.576. The van der Waals surface area contributed by atoms with Crippen LogP contribution in [0.4, 0.5) is 10.1 Å². The van der Waals surface area contributed by atoms with Crippen molar-refractivity contribution in [3.63, 3.8) is 0 Å². The standard InChI is InChI=1S/C14H18FN.C10H12S.C4H10/c1-4-13(10-11-15)16(5-2)14-8-6-12(3)7-9-14;1-7(2)10-8(3)5-4-6-9(10)11;1-4(2)3/h4,6-11H,5H2,1-3H3;4-6,11H,1H2,2-3H3;4H,1-3H3/b11-10+,13-4-;;. The number of aryl methyl sites for hydroxylation is 2. The molecule has 0 saturated carbocycles. The topological polar surface area (TPSA) is 3.24 Å². The Morgan fingerprint density at radius 3 is 2.00 bits per heavy atom. The molecular formula is C28H40FNS. The first kappa shape index (κ1) is 28.7. The first-order chi connectivity index (χ1) is 14.6. The smallest absolute Gasteiger partial charge is 0.0887 e. The van der Waals surface area contributed by atoms with Gasteiger partial charge in [-0.1, -0.05) is 63.3 Å². The maximum absolute atomic E-state index is 12.3. The van der Waals surface area contributed by atoms with Gasteiger partial charge < -0.3 is 4.90 Å². The van der Waals surface area contributed by atoms with Crippen LogP contribution in [0.3, 0.4) is 0 Å². The number of rotatable bonds is 5. The Hall–Kier alpha value is -2.26. The van der Waals surface area contributed by atoms with Gasteiger partial charge >= 0.3 is 0 Å². The molecule has 2 aromatic carbocycles. The summed E-state index contributed by atoms with van der Waals surface area (Å²) in [5.74, 6) is 0.833. The average Bonchev–Trinajstić information content (AvgIpc) is 2.69. The van der Waals surface area contributed by atoms with Crippen molar-refractivity contribution in [2.24, 2.45) is 5.92 Å². The molecule has 0 aliphatic heterocycles. The van der Waals surface area contributed by atoms with E-state index in [1.807, 2.05) is 32.1 Å². The second-order valence-electron chi connectivity index (χ2n) is 8.07. The number of hydrogen-bond donors (Lipinski definition) is 1. The SMILES string of the molecule is C/C=C(/C=C/F)N(CC)c1ccc(C)cc1.C=C(C)c1c(C)cccc1S.CC(C)C. The molecule has 0 aromatic heterocycles. The molecule has 0 spiro atoms. The van der Waals surface area contributed by atoms with Crippen LogP contribution in [0.5, 0.6) is 0 Å². The van der Waals surface area contributed by atoms with Crippen molar-refractivity contribution >= 4 is 23.9 Å². The molecule has 0 N–H and O–H groups in total. The molecule has 0 fully saturated rings. The molecule has 0 amide bonds. The first-order valence-corrected chi connectivity index (χ1v) is 11.2. The highest BCUT2D eigenvalue weighted by atomic mass is 32.1. The number of allylic oxidation sites excluding steroid dienone is 3. The molecule has 0 bridgehead atoms. The van der Waals surface area contributed by atoms with Crippen molar-refractivity contribution in [2.75, 3.05) is 11.4 Å². The minimum atomic E-state index is 0.576. The van der Waals surface area contributed by atoms with Crippen molar-refractivity contribution in [1.82, 2.24) is 0 Å². The quantitative estimate of drug-likeness (QED) is 0.357. The summed E-state index contributed by atoms with van der Waals surface area (Å²) in [4.78, 5) is 3.08. The van der Waals surface area contributed by atoms with E-state index in [-0.39, 0.29) is 0 Å². The number of nitrogens with zero attached hydrogens (tertiary/aromatic N) is 1. The lowest BCUT2D eigenvalue weighted by molar-refractivity contribution is 0.718. The van der Waals surface area contributed by atoms with E-state index in [9.17, 15) is 4.39 Å². The van der Waals surface area contributed by atoms with Crippen molar-refractivity contribution in [1.29, 1.82) is 0 Å². The lowest BCUT2D eigenvalue weighted by Gasteiger charge is -2.24. The van der Waals surface area contributed by atoms with Crippen molar-refractivity contribution in [3.05, 3.63) is 89.9 Å². The fraction of sp³-hybridized carbons (Fsp3) is 0.357. The van der Waals surface area contributed by atoms with E-state index in [2.05, 4.69) is 96.0 Å². The third-order valence-electron chi connectivity index (χ3n) is 4.18. The van der Waals surface area contributed by atoms with Gasteiger partial charge in [0.05, 0.1) is 6.33 Å². The zero-order chi connectivity index (χ0) is 24.0. The molecular weight excluding hydrogens is 401 g/mol. The number of halogens is 1. The summed E-state index contributed by atoms with van der Waals surface area (Å²) >= 11 is 4.35. The Morgan fingerprint density at radius 2 is 1.65 bits per heavy atom. The zero-order valence-electron chi connectivity index (χ0n) is 20.5. The van der Waals surface area contributed by atoms with E-state index in [1.165, 1.54) is 22.8 Å². The van der Waals surface area contributed by atoms with Gasteiger partial charge in [-0.2, -0.15) is 0 Å². The van der Waals surface area contributed by atoms with E-state index in [0.717, 1.165) is 34.3 Å². The second-order valence-corrected chi connectivity index (χ2v) is 8.55. The number of likely N-dealkylation sites (N-methyl/N-ethyl adjacent to an activating group) is 1. The summed E-state index contributed by atoms with van der Waals surface area (Å²) in [5, 5.41) is 0. The predicted octanol–water partition coefficient (Wildman–Crippen LogP) is 9.19. The highest BCUT2D eigenvalue weighted by molar-refractivity contribution is 7.80. The van der Waals surface area contributed by atoms with Gasteiger partial charge in [0, 0.05) is 22.8 Å². The van der Waals surface area contributed by atoms with Crippen molar-refractivity contribution in [3.8, 4) is 0 Å². The maximum Gasteiger partial charge on any atom is 0.0887 e. The molecule has 0 radical (unpaired) electrons. The normalized spacial score (nSPS) is 10.9. The Bertz CT molecular complexity index is 825. The van der Waals surface area contributed by atoms with Crippen LogP contribution < -0.4 is 4.90 Å². The van der Waals surface area contributed by atoms with E-state index in [0.29, 0.717) is 6.33 Å². The van der Waals surface area contributed by atoms with Gasteiger partial charge in [-0.15, -0.1) is 12.6 Å². The van der Waals surface area contributed by atoms with Gasteiger partial charge in [-0.25, -0.2) is 4.39 Å². The molecule has 1 nitrogen and oxygen atoms in total. The number of thiol groups is 1. The summed E-state index contributed by atoms with van der Waals surface area (Å²) in [6, 6.07) is 14.3. The summed E-state index contributed by atoms with van der Waals surface area (Å²) in [5.41, 5.74) is 6.67. The average molecular weight is 442 g/mol. The molecule has 3 heteroatoms. The van der Waals surface area contributed by atoms with Crippen LogP contribution in [-0.4, -0.2) is 6.54 Å². The zero-order valence-corrected chi connectivity index (χ0v) is 21.4. The lowest BCUT2D eigenvalue weighted by atomic mass is 10.0. The summed E-state index contributed by atoms with van der Waals surface area (Å²) in [7, 11) is 0. The lowest BCUT2D eigenvalue weighted by Crippen LogP contribution is -2.20. The third kappa shape index (κ3) is 11.1. The maximum atomic E-state index is 12.3. The summed E-state index contributed by atoms with van der Waals surface area (Å²) < 4.78 is 12.3. The Kier molecular flexibility index (Phi) is 14.4. The molecule has 0 saturated heterocycles. The number of hydrogen-bond acceptors (Lipinski definition) is 2. The number of anilines is 1. The minimum Gasteiger partial charge on any atom is -0.342 e. The number of benzene rings is 2. The molecule has 2 aromatic rings. The van der Waals surface area contributed by atoms with Crippen LogP contribution in [0.25, 0.3) is 5.57 Å². The second kappa shape index (κ2) is 15.5. The van der Waals surface area contributed by atoms with Gasteiger partial charge in [-0.3, -0.25) is 0 Å².